The molecule has 0 unspecified atom stereocenters. The first-order valence-electron chi connectivity index (χ1n) is 10.5. The number of nitrogens with zero attached hydrogens (tertiary/aromatic N) is 1. The van der Waals surface area contributed by atoms with Crippen molar-refractivity contribution in [2.45, 2.75) is 37.8 Å². The Balaban J connectivity index is 1.71. The summed E-state index contributed by atoms with van der Waals surface area (Å²) in [5, 5.41) is 6.71. The van der Waals surface area contributed by atoms with Gasteiger partial charge < -0.3 is 22.1 Å². The average Bonchev–Trinajstić information content (AvgIpc) is 2.80. The van der Waals surface area contributed by atoms with Crippen LogP contribution in [0.2, 0.25) is 0 Å². The molecule has 0 aliphatic rings. The van der Waals surface area contributed by atoms with Crippen molar-refractivity contribution in [1.29, 1.82) is 0 Å². The van der Waals surface area contributed by atoms with Crippen molar-refractivity contribution in [2.75, 3.05) is 11.9 Å². The van der Waals surface area contributed by atoms with Crippen molar-refractivity contribution in [1.82, 2.24) is 10.3 Å². The van der Waals surface area contributed by atoms with Crippen molar-refractivity contribution in [3.63, 3.8) is 0 Å². The lowest BCUT2D eigenvalue weighted by molar-refractivity contribution is -0.127. The number of hydrogen-bond acceptors (Lipinski definition) is 5. The number of anilines is 1. The molecule has 0 fully saturated rings. The third-order valence-electron chi connectivity index (χ3n) is 5.13. The van der Waals surface area contributed by atoms with Gasteiger partial charge in [0.15, 0.2) is 0 Å². The van der Waals surface area contributed by atoms with Gasteiger partial charge in [0.2, 0.25) is 11.8 Å². The molecule has 3 rings (SSSR count). The van der Waals surface area contributed by atoms with E-state index >= 15 is 0 Å². The smallest absolute Gasteiger partial charge is 0.246 e. The number of aryl methyl sites for hydroxylation is 1. The highest BCUT2D eigenvalue weighted by atomic mass is 16.2. The molecule has 0 spiro atoms. The SMILES string of the molecule is NCCC[C@H](N)C(=O)N[C@H](CCc1ccccc1)C(=O)Nc1ccc2cccnc2c1. The lowest BCUT2D eigenvalue weighted by Gasteiger charge is -2.21. The van der Waals surface area contributed by atoms with Crippen LogP contribution in [0.5, 0.6) is 0 Å². The van der Waals surface area contributed by atoms with E-state index in [9.17, 15) is 9.59 Å². The fourth-order valence-electron chi connectivity index (χ4n) is 3.35. The molecule has 0 aliphatic carbocycles. The highest BCUT2D eigenvalue weighted by molar-refractivity contribution is 5.99. The first kappa shape index (κ1) is 22.4. The van der Waals surface area contributed by atoms with Crippen LogP contribution in [-0.4, -0.2) is 35.4 Å². The Bertz CT molecular complexity index is 1010. The third kappa shape index (κ3) is 6.60. The van der Waals surface area contributed by atoms with Crippen molar-refractivity contribution < 1.29 is 9.59 Å². The summed E-state index contributed by atoms with van der Waals surface area (Å²) in [4.78, 5) is 29.9. The lowest BCUT2D eigenvalue weighted by atomic mass is 10.0. The molecule has 1 heterocycles. The molecule has 2 amide bonds. The maximum Gasteiger partial charge on any atom is 0.246 e. The summed E-state index contributed by atoms with van der Waals surface area (Å²) >= 11 is 0. The molecule has 7 nitrogen and oxygen atoms in total. The molecular weight excluding hydrogens is 390 g/mol. The van der Waals surface area contributed by atoms with Crippen molar-refractivity contribution >= 4 is 28.4 Å². The number of aromatic nitrogens is 1. The second kappa shape index (κ2) is 11.2. The van der Waals surface area contributed by atoms with Crippen LogP contribution < -0.4 is 22.1 Å². The second-order valence-corrected chi connectivity index (χ2v) is 7.52. The lowest BCUT2D eigenvalue weighted by Crippen LogP contribution is -2.50. The van der Waals surface area contributed by atoms with E-state index < -0.39 is 12.1 Å². The summed E-state index contributed by atoms with van der Waals surface area (Å²) in [6.45, 7) is 0.467. The summed E-state index contributed by atoms with van der Waals surface area (Å²) in [6, 6.07) is 17.8. The molecule has 162 valence electrons. The van der Waals surface area contributed by atoms with Gasteiger partial charge in [-0.2, -0.15) is 0 Å². The molecule has 0 saturated heterocycles. The Labute approximate surface area is 182 Å². The van der Waals surface area contributed by atoms with E-state index in [1.54, 1.807) is 6.20 Å². The monoisotopic (exact) mass is 419 g/mol. The number of nitrogens with one attached hydrogen (secondary N) is 2. The third-order valence-corrected chi connectivity index (χ3v) is 5.13. The van der Waals surface area contributed by atoms with E-state index in [1.807, 2.05) is 60.7 Å². The molecule has 1 aromatic heterocycles. The van der Waals surface area contributed by atoms with Gasteiger partial charge in [0.05, 0.1) is 11.6 Å². The minimum absolute atomic E-state index is 0.286. The summed E-state index contributed by atoms with van der Waals surface area (Å²) < 4.78 is 0. The van der Waals surface area contributed by atoms with Crippen LogP contribution in [0, 0.1) is 0 Å². The average molecular weight is 420 g/mol. The molecule has 31 heavy (non-hydrogen) atoms. The van der Waals surface area contributed by atoms with Gasteiger partial charge in [-0.05, 0) is 56.0 Å². The molecule has 6 N–H and O–H groups in total. The summed E-state index contributed by atoms with van der Waals surface area (Å²) in [5.41, 5.74) is 14.0. The van der Waals surface area contributed by atoms with Gasteiger partial charge in [0.1, 0.15) is 6.04 Å². The minimum Gasteiger partial charge on any atom is -0.343 e. The summed E-state index contributed by atoms with van der Waals surface area (Å²) in [5.74, 6) is -0.632. The van der Waals surface area contributed by atoms with E-state index in [4.69, 9.17) is 11.5 Å². The van der Waals surface area contributed by atoms with Gasteiger partial charge in [-0.3, -0.25) is 14.6 Å². The number of hydrogen-bond donors (Lipinski definition) is 4. The fourth-order valence-corrected chi connectivity index (χ4v) is 3.35. The van der Waals surface area contributed by atoms with Crippen LogP contribution in [0.25, 0.3) is 10.9 Å². The largest absolute Gasteiger partial charge is 0.343 e. The highest BCUT2D eigenvalue weighted by Gasteiger charge is 2.23. The molecular formula is C24H29N5O2. The van der Waals surface area contributed by atoms with Crippen LogP contribution in [-0.2, 0) is 16.0 Å². The minimum atomic E-state index is -0.712. The number of benzene rings is 2. The molecule has 2 aromatic carbocycles. The van der Waals surface area contributed by atoms with E-state index in [0.29, 0.717) is 37.9 Å². The highest BCUT2D eigenvalue weighted by Crippen LogP contribution is 2.17. The number of fused-ring (bicyclic) bond motifs is 1. The Morgan fingerprint density at radius 3 is 2.55 bits per heavy atom. The first-order chi connectivity index (χ1) is 15.1. The molecule has 2 atom stereocenters. The van der Waals surface area contributed by atoms with E-state index in [0.717, 1.165) is 16.5 Å². The van der Waals surface area contributed by atoms with E-state index in [-0.39, 0.29) is 11.8 Å². The quantitative estimate of drug-likeness (QED) is 0.402. The molecule has 0 aliphatic heterocycles. The predicted molar refractivity (Wildman–Crippen MR) is 123 cm³/mol. The van der Waals surface area contributed by atoms with Gasteiger partial charge >= 0.3 is 0 Å². The zero-order valence-corrected chi connectivity index (χ0v) is 17.5. The number of amides is 2. The molecule has 0 radical (unpaired) electrons. The van der Waals surface area contributed by atoms with Crippen LogP contribution in [0.4, 0.5) is 5.69 Å². The predicted octanol–water partition coefficient (Wildman–Crippen LogP) is 2.36. The van der Waals surface area contributed by atoms with Gasteiger partial charge in [-0.15, -0.1) is 0 Å². The van der Waals surface area contributed by atoms with Crippen LogP contribution >= 0.6 is 0 Å². The number of carbonyl (C=O) groups is 2. The van der Waals surface area contributed by atoms with Crippen LogP contribution in [0.3, 0.4) is 0 Å². The Hall–Kier alpha value is -3.29. The number of rotatable bonds is 10. The Kier molecular flexibility index (Phi) is 8.09. The summed E-state index contributed by atoms with van der Waals surface area (Å²) in [6.07, 6.45) is 3.94. The van der Waals surface area contributed by atoms with Crippen molar-refractivity contribution in [3.05, 3.63) is 72.4 Å². The normalized spacial score (nSPS) is 12.8. The van der Waals surface area contributed by atoms with Gasteiger partial charge in [0.25, 0.3) is 0 Å². The number of nitrogens with two attached hydrogens (primary N) is 2. The molecule has 3 aromatic rings. The van der Waals surface area contributed by atoms with E-state index in [1.165, 1.54) is 0 Å². The topological polar surface area (TPSA) is 123 Å². The van der Waals surface area contributed by atoms with Crippen molar-refractivity contribution in [3.8, 4) is 0 Å². The molecule has 0 saturated carbocycles. The Morgan fingerprint density at radius 1 is 0.968 bits per heavy atom. The number of carbonyl (C=O) groups excluding carboxylic acids is 2. The van der Waals surface area contributed by atoms with Gasteiger partial charge in [-0.1, -0.05) is 42.5 Å². The zero-order valence-electron chi connectivity index (χ0n) is 17.5. The fraction of sp³-hybridized carbons (Fsp3) is 0.292. The van der Waals surface area contributed by atoms with E-state index in [2.05, 4.69) is 15.6 Å². The maximum atomic E-state index is 13.0. The second-order valence-electron chi connectivity index (χ2n) is 7.52. The number of pyridine rings is 1. The Morgan fingerprint density at radius 2 is 1.77 bits per heavy atom. The molecule has 0 bridgehead atoms. The van der Waals surface area contributed by atoms with Crippen molar-refractivity contribution in [2.24, 2.45) is 11.5 Å². The zero-order chi connectivity index (χ0) is 22.1. The summed E-state index contributed by atoms with van der Waals surface area (Å²) in [7, 11) is 0. The van der Waals surface area contributed by atoms with Gasteiger partial charge in [0, 0.05) is 17.3 Å². The van der Waals surface area contributed by atoms with Crippen LogP contribution in [0.15, 0.2) is 66.9 Å². The van der Waals surface area contributed by atoms with Crippen LogP contribution in [0.1, 0.15) is 24.8 Å². The standard InChI is InChI=1S/C24H29N5O2/c25-14-4-9-20(26)23(30)29-21(13-10-17-6-2-1-3-7-17)24(31)28-19-12-11-18-8-5-15-27-22(18)16-19/h1-3,5-8,11-12,15-16,20-21H,4,9-10,13-14,25-26H2,(H,28,31)(H,29,30)/t20-,21+/m0/s1. The molecule has 7 heteroatoms. The maximum absolute atomic E-state index is 13.0. The van der Waals surface area contributed by atoms with Gasteiger partial charge in [-0.25, -0.2) is 0 Å². The first-order valence-corrected chi connectivity index (χ1v) is 10.5.